The fourth-order valence-corrected chi connectivity index (χ4v) is 2.07. The number of carbonyl (C=O) groups excluding carboxylic acids is 1. The summed E-state index contributed by atoms with van der Waals surface area (Å²) in [5, 5.41) is 9.69. The van der Waals surface area contributed by atoms with Crippen molar-refractivity contribution in [1.29, 1.82) is 0 Å². The van der Waals surface area contributed by atoms with Gasteiger partial charge in [-0.15, -0.1) is 0 Å². The summed E-state index contributed by atoms with van der Waals surface area (Å²) in [6.45, 7) is 1.20. The van der Waals surface area contributed by atoms with Gasteiger partial charge in [0.2, 0.25) is 5.91 Å². The van der Waals surface area contributed by atoms with Gasteiger partial charge in [0.1, 0.15) is 12.2 Å². The molecule has 0 fully saturated rings. The average molecular weight is 299 g/mol. The summed E-state index contributed by atoms with van der Waals surface area (Å²) in [6, 6.07) is 9.93. The Labute approximate surface area is 130 Å². The average Bonchev–Trinajstić information content (AvgIpc) is 3.02. The summed E-state index contributed by atoms with van der Waals surface area (Å²) >= 11 is 0. The molecule has 0 aliphatic carbocycles. The number of nitrogens with one attached hydrogen (secondary N) is 2. The van der Waals surface area contributed by atoms with Gasteiger partial charge in [0, 0.05) is 19.2 Å². The molecule has 2 N–H and O–H groups in total. The van der Waals surface area contributed by atoms with Crippen molar-refractivity contribution < 1.29 is 4.79 Å². The molecule has 2 rings (SSSR count). The van der Waals surface area contributed by atoms with Gasteiger partial charge in [0.15, 0.2) is 0 Å². The SMILES string of the molecule is CN(C)C/C=C/C(=O)NCC(c1ccccc1)c1ncn[nH]1. The molecule has 1 unspecified atom stereocenters. The van der Waals surface area contributed by atoms with Crippen LogP contribution in [0.1, 0.15) is 17.3 Å². The summed E-state index contributed by atoms with van der Waals surface area (Å²) in [7, 11) is 3.91. The van der Waals surface area contributed by atoms with Crippen molar-refractivity contribution in [2.75, 3.05) is 27.2 Å². The highest BCUT2D eigenvalue weighted by Crippen LogP contribution is 2.20. The second kappa shape index (κ2) is 8.09. The third kappa shape index (κ3) is 4.82. The van der Waals surface area contributed by atoms with Crippen molar-refractivity contribution >= 4 is 5.91 Å². The van der Waals surface area contributed by atoms with Crippen molar-refractivity contribution in [3.05, 3.63) is 60.2 Å². The van der Waals surface area contributed by atoms with E-state index in [4.69, 9.17) is 0 Å². The first-order valence-corrected chi connectivity index (χ1v) is 7.16. The van der Waals surface area contributed by atoms with Crippen LogP contribution in [0.4, 0.5) is 0 Å². The zero-order valence-electron chi connectivity index (χ0n) is 12.9. The second-order valence-corrected chi connectivity index (χ2v) is 5.24. The number of benzene rings is 1. The maximum Gasteiger partial charge on any atom is 0.243 e. The lowest BCUT2D eigenvalue weighted by atomic mass is 9.98. The second-order valence-electron chi connectivity index (χ2n) is 5.24. The molecule has 0 saturated heterocycles. The van der Waals surface area contributed by atoms with Crippen molar-refractivity contribution in [2.45, 2.75) is 5.92 Å². The van der Waals surface area contributed by atoms with Gasteiger partial charge in [-0.1, -0.05) is 36.4 Å². The smallest absolute Gasteiger partial charge is 0.243 e. The van der Waals surface area contributed by atoms with Gasteiger partial charge in [-0.25, -0.2) is 4.98 Å². The highest BCUT2D eigenvalue weighted by molar-refractivity contribution is 5.87. The number of carbonyl (C=O) groups is 1. The van der Waals surface area contributed by atoms with E-state index in [-0.39, 0.29) is 11.8 Å². The van der Waals surface area contributed by atoms with E-state index < -0.39 is 0 Å². The molecule has 6 nitrogen and oxygen atoms in total. The van der Waals surface area contributed by atoms with Crippen molar-refractivity contribution in [3.63, 3.8) is 0 Å². The molecule has 0 radical (unpaired) electrons. The third-order valence-electron chi connectivity index (χ3n) is 3.19. The van der Waals surface area contributed by atoms with Crippen molar-refractivity contribution in [1.82, 2.24) is 25.4 Å². The summed E-state index contributed by atoms with van der Waals surface area (Å²) < 4.78 is 0. The van der Waals surface area contributed by atoms with Crippen LogP contribution >= 0.6 is 0 Å². The van der Waals surface area contributed by atoms with Crippen molar-refractivity contribution in [3.8, 4) is 0 Å². The third-order valence-corrected chi connectivity index (χ3v) is 3.19. The van der Waals surface area contributed by atoms with Gasteiger partial charge in [-0.2, -0.15) is 5.10 Å². The first-order valence-electron chi connectivity index (χ1n) is 7.16. The van der Waals surface area contributed by atoms with E-state index in [9.17, 15) is 4.79 Å². The standard InChI is InChI=1S/C16H21N5O/c1-21(2)10-6-9-15(22)17-11-14(16-18-12-19-20-16)13-7-4-3-5-8-13/h3-9,12,14H,10-11H2,1-2H3,(H,17,22)(H,18,19,20)/b9-6+. The quantitative estimate of drug-likeness (QED) is 0.753. The van der Waals surface area contributed by atoms with Crippen LogP contribution in [0, 0.1) is 0 Å². The number of nitrogens with zero attached hydrogens (tertiary/aromatic N) is 3. The van der Waals surface area contributed by atoms with Gasteiger partial charge < -0.3 is 10.2 Å². The number of H-pyrrole nitrogens is 1. The minimum Gasteiger partial charge on any atom is -0.351 e. The number of likely N-dealkylation sites (N-methyl/N-ethyl adjacent to an activating group) is 1. The van der Waals surface area contributed by atoms with Crippen LogP contribution in [-0.2, 0) is 4.79 Å². The van der Waals surface area contributed by atoms with Gasteiger partial charge in [0.05, 0.1) is 5.92 Å². The molecular formula is C16H21N5O. The van der Waals surface area contributed by atoms with E-state index in [1.807, 2.05) is 55.4 Å². The highest BCUT2D eigenvalue weighted by Gasteiger charge is 2.17. The highest BCUT2D eigenvalue weighted by atomic mass is 16.1. The van der Waals surface area contributed by atoms with E-state index in [1.54, 1.807) is 6.08 Å². The molecule has 116 valence electrons. The van der Waals surface area contributed by atoms with E-state index in [2.05, 4.69) is 20.5 Å². The van der Waals surface area contributed by atoms with Gasteiger partial charge >= 0.3 is 0 Å². The maximum absolute atomic E-state index is 11.9. The zero-order valence-corrected chi connectivity index (χ0v) is 12.9. The molecule has 1 amide bonds. The van der Waals surface area contributed by atoms with E-state index in [1.165, 1.54) is 6.33 Å². The number of aromatic amines is 1. The molecule has 0 spiro atoms. The van der Waals surface area contributed by atoms with E-state index in [0.29, 0.717) is 6.54 Å². The molecule has 0 bridgehead atoms. The molecule has 0 saturated carbocycles. The molecule has 1 aromatic heterocycles. The topological polar surface area (TPSA) is 73.9 Å². The van der Waals surface area contributed by atoms with Crippen molar-refractivity contribution in [2.24, 2.45) is 0 Å². The molecule has 1 aromatic carbocycles. The van der Waals surface area contributed by atoms with Crippen LogP contribution in [0.15, 0.2) is 48.8 Å². The Hall–Kier alpha value is -2.47. The Kier molecular flexibility index (Phi) is 5.85. The Morgan fingerprint density at radius 1 is 1.36 bits per heavy atom. The Bertz CT molecular complexity index is 592. The normalized spacial score (nSPS) is 12.7. The van der Waals surface area contributed by atoms with Crippen LogP contribution in [0.3, 0.4) is 0 Å². The fourth-order valence-electron chi connectivity index (χ4n) is 2.07. The van der Waals surface area contributed by atoms with Gasteiger partial charge in [0.25, 0.3) is 0 Å². The van der Waals surface area contributed by atoms with Crippen LogP contribution in [0.25, 0.3) is 0 Å². The number of hydrogen-bond acceptors (Lipinski definition) is 4. The number of rotatable bonds is 7. The molecule has 2 aromatic rings. The number of amides is 1. The summed E-state index contributed by atoms with van der Waals surface area (Å²) in [5.74, 6) is 0.584. The Morgan fingerprint density at radius 3 is 2.77 bits per heavy atom. The molecular weight excluding hydrogens is 278 g/mol. The van der Waals surface area contributed by atoms with Crippen LogP contribution in [0.2, 0.25) is 0 Å². The monoisotopic (exact) mass is 299 g/mol. The van der Waals surface area contributed by atoms with Crippen LogP contribution in [-0.4, -0.2) is 53.2 Å². The molecule has 0 aliphatic heterocycles. The summed E-state index contributed by atoms with van der Waals surface area (Å²) in [5.41, 5.74) is 1.08. The Balaban J connectivity index is 1.99. The maximum atomic E-state index is 11.9. The number of aromatic nitrogens is 3. The van der Waals surface area contributed by atoms with Gasteiger partial charge in [-0.05, 0) is 19.7 Å². The molecule has 0 aliphatic rings. The summed E-state index contributed by atoms with van der Waals surface area (Å²) in [6.07, 6.45) is 4.87. The first kappa shape index (κ1) is 15.9. The molecule has 1 atom stereocenters. The van der Waals surface area contributed by atoms with Crippen LogP contribution in [0.5, 0.6) is 0 Å². The van der Waals surface area contributed by atoms with Gasteiger partial charge in [-0.3, -0.25) is 9.89 Å². The zero-order chi connectivity index (χ0) is 15.8. The van der Waals surface area contributed by atoms with E-state index >= 15 is 0 Å². The van der Waals surface area contributed by atoms with E-state index in [0.717, 1.165) is 17.9 Å². The predicted molar refractivity (Wildman–Crippen MR) is 85.4 cm³/mol. The Morgan fingerprint density at radius 2 is 2.14 bits per heavy atom. The molecule has 1 heterocycles. The lowest BCUT2D eigenvalue weighted by molar-refractivity contribution is -0.116. The summed E-state index contributed by atoms with van der Waals surface area (Å²) in [4.78, 5) is 18.1. The lowest BCUT2D eigenvalue weighted by Gasteiger charge is -2.15. The molecule has 22 heavy (non-hydrogen) atoms. The molecule has 6 heteroatoms. The largest absolute Gasteiger partial charge is 0.351 e. The van der Waals surface area contributed by atoms with Crippen LogP contribution < -0.4 is 5.32 Å². The fraction of sp³-hybridized carbons (Fsp3) is 0.312. The minimum atomic E-state index is -0.109. The minimum absolute atomic E-state index is 0.0464. The lowest BCUT2D eigenvalue weighted by Crippen LogP contribution is -2.28. The predicted octanol–water partition coefficient (Wildman–Crippen LogP) is 1.17. The number of hydrogen-bond donors (Lipinski definition) is 2. The first-order chi connectivity index (χ1) is 10.7.